The van der Waals surface area contributed by atoms with E-state index in [1.807, 2.05) is 41.9 Å². The highest BCUT2D eigenvalue weighted by molar-refractivity contribution is 7.09. The molecule has 4 nitrogen and oxygen atoms in total. The van der Waals surface area contributed by atoms with Gasteiger partial charge in [-0.25, -0.2) is 0 Å². The number of nitriles is 1. The SMILES string of the molecule is N#CN/C(=N\Cc1cccs1)c1ccccn1. The molecule has 0 saturated heterocycles. The zero-order valence-electron chi connectivity index (χ0n) is 9.00. The Balaban J connectivity index is 2.18. The number of aromatic nitrogens is 1. The maximum atomic E-state index is 8.69. The molecule has 0 spiro atoms. The molecule has 2 aromatic heterocycles. The van der Waals surface area contributed by atoms with Crippen LogP contribution in [0.15, 0.2) is 46.9 Å². The number of nitrogens with one attached hydrogen (secondary N) is 1. The predicted molar refractivity (Wildman–Crippen MR) is 67.5 cm³/mol. The summed E-state index contributed by atoms with van der Waals surface area (Å²) < 4.78 is 0. The minimum atomic E-state index is 0.501. The second kappa shape index (κ2) is 5.77. The van der Waals surface area contributed by atoms with Crippen LogP contribution in [0.25, 0.3) is 0 Å². The molecule has 2 heterocycles. The van der Waals surface area contributed by atoms with Crippen molar-refractivity contribution in [2.24, 2.45) is 4.99 Å². The highest BCUT2D eigenvalue weighted by Crippen LogP contribution is 2.10. The Labute approximate surface area is 103 Å². The van der Waals surface area contributed by atoms with E-state index in [0.717, 1.165) is 4.88 Å². The quantitative estimate of drug-likeness (QED) is 0.388. The van der Waals surface area contributed by atoms with Crippen LogP contribution in [0.4, 0.5) is 0 Å². The predicted octanol–water partition coefficient (Wildman–Crippen LogP) is 2.16. The summed E-state index contributed by atoms with van der Waals surface area (Å²) in [7, 11) is 0. The highest BCUT2D eigenvalue weighted by atomic mass is 32.1. The molecule has 0 bridgehead atoms. The van der Waals surface area contributed by atoms with Crippen LogP contribution in [0.2, 0.25) is 0 Å². The summed E-state index contributed by atoms with van der Waals surface area (Å²) in [6.07, 6.45) is 3.55. The largest absolute Gasteiger partial charge is 0.275 e. The zero-order valence-corrected chi connectivity index (χ0v) is 9.81. The molecule has 5 heteroatoms. The van der Waals surface area contributed by atoms with Crippen LogP contribution in [-0.4, -0.2) is 10.8 Å². The van der Waals surface area contributed by atoms with Crippen molar-refractivity contribution in [3.05, 3.63) is 52.5 Å². The molecule has 2 rings (SSSR count). The number of thiophene rings is 1. The molecule has 0 aliphatic carbocycles. The molecule has 0 aliphatic heterocycles. The van der Waals surface area contributed by atoms with Gasteiger partial charge in [-0.05, 0) is 23.6 Å². The molecule has 2 aromatic rings. The van der Waals surface area contributed by atoms with Crippen LogP contribution in [-0.2, 0) is 6.54 Å². The van der Waals surface area contributed by atoms with Gasteiger partial charge in [-0.3, -0.25) is 15.3 Å². The third kappa shape index (κ3) is 3.13. The lowest BCUT2D eigenvalue weighted by Crippen LogP contribution is -2.20. The first-order chi connectivity index (χ1) is 8.40. The summed E-state index contributed by atoms with van der Waals surface area (Å²) in [6.45, 7) is 0.554. The number of hydrogen-bond acceptors (Lipinski definition) is 4. The molecule has 0 aromatic carbocycles. The normalized spacial score (nSPS) is 10.9. The molecule has 0 aliphatic rings. The Morgan fingerprint density at radius 1 is 1.41 bits per heavy atom. The monoisotopic (exact) mass is 242 g/mol. The van der Waals surface area contributed by atoms with Gasteiger partial charge in [0.15, 0.2) is 12.0 Å². The first-order valence-corrected chi connectivity index (χ1v) is 5.91. The summed E-state index contributed by atoms with van der Waals surface area (Å²) in [5.74, 6) is 0.501. The third-order valence-corrected chi connectivity index (χ3v) is 2.92. The Morgan fingerprint density at radius 2 is 2.35 bits per heavy atom. The van der Waals surface area contributed by atoms with E-state index in [1.165, 1.54) is 0 Å². The average Bonchev–Trinajstić information content (AvgIpc) is 2.88. The van der Waals surface area contributed by atoms with Crippen molar-refractivity contribution in [1.82, 2.24) is 10.3 Å². The summed E-state index contributed by atoms with van der Waals surface area (Å²) in [4.78, 5) is 9.66. The molecule has 0 saturated carbocycles. The fourth-order valence-corrected chi connectivity index (χ4v) is 1.93. The number of nitrogens with zero attached hydrogens (tertiary/aromatic N) is 3. The molecule has 0 radical (unpaired) electrons. The third-order valence-electron chi connectivity index (χ3n) is 2.05. The maximum absolute atomic E-state index is 8.69. The molecule has 17 heavy (non-hydrogen) atoms. The van der Waals surface area contributed by atoms with E-state index in [-0.39, 0.29) is 0 Å². The van der Waals surface area contributed by atoms with Crippen LogP contribution in [0.1, 0.15) is 10.6 Å². The first kappa shape index (κ1) is 11.3. The highest BCUT2D eigenvalue weighted by Gasteiger charge is 2.03. The van der Waals surface area contributed by atoms with Gasteiger partial charge < -0.3 is 0 Å². The van der Waals surface area contributed by atoms with Gasteiger partial charge in [-0.1, -0.05) is 12.1 Å². The minimum absolute atomic E-state index is 0.501. The van der Waals surface area contributed by atoms with Gasteiger partial charge >= 0.3 is 0 Å². The number of rotatable bonds is 3. The molecular formula is C12H10N4S. The van der Waals surface area contributed by atoms with Crippen molar-refractivity contribution in [3.63, 3.8) is 0 Å². The Hall–Kier alpha value is -2.19. The molecule has 1 N–H and O–H groups in total. The van der Waals surface area contributed by atoms with Gasteiger partial charge in [0.25, 0.3) is 0 Å². The smallest absolute Gasteiger partial charge is 0.182 e. The van der Waals surface area contributed by atoms with Gasteiger partial charge in [-0.2, -0.15) is 5.26 Å². The van der Waals surface area contributed by atoms with E-state index in [9.17, 15) is 0 Å². The molecule has 0 amide bonds. The fraction of sp³-hybridized carbons (Fsp3) is 0.0833. The van der Waals surface area contributed by atoms with Crippen LogP contribution < -0.4 is 5.32 Å². The second-order valence-corrected chi connectivity index (χ2v) is 4.23. The number of pyridine rings is 1. The summed E-state index contributed by atoms with van der Waals surface area (Å²) >= 11 is 1.64. The molecule has 0 unspecified atom stereocenters. The van der Waals surface area contributed by atoms with Crippen LogP contribution in [0.5, 0.6) is 0 Å². The van der Waals surface area contributed by atoms with Crippen molar-refractivity contribution < 1.29 is 0 Å². The number of aliphatic imine (C=N–C) groups is 1. The van der Waals surface area contributed by atoms with E-state index in [2.05, 4.69) is 15.3 Å². The molecule has 0 fully saturated rings. The minimum Gasteiger partial charge on any atom is -0.275 e. The van der Waals surface area contributed by atoms with Crippen molar-refractivity contribution in [3.8, 4) is 6.19 Å². The van der Waals surface area contributed by atoms with Gasteiger partial charge in [0.1, 0.15) is 5.69 Å². The van der Waals surface area contributed by atoms with Crippen molar-refractivity contribution in [2.45, 2.75) is 6.54 Å². The maximum Gasteiger partial charge on any atom is 0.182 e. The van der Waals surface area contributed by atoms with Crippen LogP contribution >= 0.6 is 11.3 Å². The summed E-state index contributed by atoms with van der Waals surface area (Å²) in [5.41, 5.74) is 0.672. The summed E-state index contributed by atoms with van der Waals surface area (Å²) in [5, 5.41) is 13.3. The van der Waals surface area contributed by atoms with Crippen LogP contribution in [0, 0.1) is 11.5 Å². The van der Waals surface area contributed by atoms with Gasteiger partial charge in [0.2, 0.25) is 0 Å². The second-order valence-electron chi connectivity index (χ2n) is 3.20. The van der Waals surface area contributed by atoms with E-state index < -0.39 is 0 Å². The van der Waals surface area contributed by atoms with E-state index in [1.54, 1.807) is 17.5 Å². The average molecular weight is 242 g/mol. The molecular weight excluding hydrogens is 232 g/mol. The van der Waals surface area contributed by atoms with Crippen molar-refractivity contribution in [1.29, 1.82) is 5.26 Å². The van der Waals surface area contributed by atoms with E-state index >= 15 is 0 Å². The Kier molecular flexibility index (Phi) is 3.84. The standard InChI is InChI=1S/C12H10N4S/c13-9-16-12(11-5-1-2-6-14-11)15-8-10-4-3-7-17-10/h1-7H,8H2,(H,15,16). The van der Waals surface area contributed by atoms with Gasteiger partial charge in [0, 0.05) is 11.1 Å². The number of hydrogen-bond donors (Lipinski definition) is 1. The first-order valence-electron chi connectivity index (χ1n) is 5.03. The van der Waals surface area contributed by atoms with Gasteiger partial charge in [-0.15, -0.1) is 11.3 Å². The Morgan fingerprint density at radius 3 is 3.00 bits per heavy atom. The van der Waals surface area contributed by atoms with E-state index in [4.69, 9.17) is 5.26 Å². The van der Waals surface area contributed by atoms with Gasteiger partial charge in [0.05, 0.1) is 6.54 Å². The van der Waals surface area contributed by atoms with E-state index in [0.29, 0.717) is 18.1 Å². The molecule has 84 valence electrons. The van der Waals surface area contributed by atoms with Crippen LogP contribution in [0.3, 0.4) is 0 Å². The lowest BCUT2D eigenvalue weighted by Gasteiger charge is -2.02. The number of amidine groups is 1. The topological polar surface area (TPSA) is 61.1 Å². The lowest BCUT2D eigenvalue weighted by atomic mass is 10.3. The van der Waals surface area contributed by atoms with Crippen molar-refractivity contribution in [2.75, 3.05) is 0 Å². The molecule has 0 atom stereocenters. The fourth-order valence-electron chi connectivity index (χ4n) is 1.30. The lowest BCUT2D eigenvalue weighted by molar-refractivity contribution is 1.06. The Bertz CT molecular complexity index is 525. The zero-order chi connectivity index (χ0) is 11.9. The van der Waals surface area contributed by atoms with Crippen molar-refractivity contribution >= 4 is 17.2 Å². The summed E-state index contributed by atoms with van der Waals surface area (Å²) in [6, 6.07) is 9.50.